The molecular formula is C10H21ClN2O2. The van der Waals surface area contributed by atoms with E-state index < -0.39 is 0 Å². The normalized spacial score (nSPS) is 15.3. The fourth-order valence-electron chi connectivity index (χ4n) is 1.21. The second-order valence-electron chi connectivity index (χ2n) is 3.61. The lowest BCUT2D eigenvalue weighted by Crippen LogP contribution is -2.51. The smallest absolute Gasteiger partial charge is 0.225 e. The lowest BCUT2D eigenvalue weighted by molar-refractivity contribution is -0.126. The number of halogens is 1. The molecule has 0 radical (unpaired) electrons. The third kappa shape index (κ3) is 5.97. The Morgan fingerprint density at radius 1 is 1.47 bits per heavy atom. The second kappa shape index (κ2) is 8.95. The zero-order valence-corrected chi connectivity index (χ0v) is 10.1. The minimum Gasteiger partial charge on any atom is -0.380 e. The van der Waals surface area contributed by atoms with Gasteiger partial charge in [-0.15, -0.1) is 12.4 Å². The summed E-state index contributed by atoms with van der Waals surface area (Å²) in [7, 11) is 0. The van der Waals surface area contributed by atoms with Crippen LogP contribution >= 0.6 is 12.4 Å². The van der Waals surface area contributed by atoms with Crippen molar-refractivity contribution in [2.75, 3.05) is 32.8 Å². The molecule has 1 heterocycles. The van der Waals surface area contributed by atoms with Gasteiger partial charge in [0.05, 0.1) is 12.5 Å². The summed E-state index contributed by atoms with van der Waals surface area (Å²) in [4.78, 5) is 11.3. The van der Waals surface area contributed by atoms with Crippen molar-refractivity contribution in [1.29, 1.82) is 0 Å². The average molecular weight is 237 g/mol. The third-order valence-corrected chi connectivity index (χ3v) is 2.34. The van der Waals surface area contributed by atoms with Crippen LogP contribution < -0.4 is 10.6 Å². The van der Waals surface area contributed by atoms with Crippen LogP contribution in [-0.2, 0) is 9.53 Å². The number of hydrogen-bond acceptors (Lipinski definition) is 3. The molecule has 0 aromatic carbocycles. The molecule has 90 valence electrons. The number of carbonyl (C=O) groups excluding carboxylic acids is 1. The Morgan fingerprint density at radius 3 is 2.73 bits per heavy atom. The standard InChI is InChI=1S/C10H20N2O2.ClH/c1-2-3-5-14-6-4-12-10(13)9-7-11-8-9;/h9,11H,2-8H2,1H3,(H,12,13);1H. The minimum absolute atomic E-state index is 0. The molecule has 2 N–H and O–H groups in total. The van der Waals surface area contributed by atoms with Gasteiger partial charge in [0, 0.05) is 26.2 Å². The van der Waals surface area contributed by atoms with Crippen molar-refractivity contribution in [3.05, 3.63) is 0 Å². The first kappa shape index (κ1) is 14.7. The summed E-state index contributed by atoms with van der Waals surface area (Å²) < 4.78 is 5.33. The predicted molar refractivity (Wildman–Crippen MR) is 62.3 cm³/mol. The summed E-state index contributed by atoms with van der Waals surface area (Å²) in [6.07, 6.45) is 2.25. The molecule has 0 bridgehead atoms. The van der Waals surface area contributed by atoms with Crippen molar-refractivity contribution in [2.24, 2.45) is 5.92 Å². The lowest BCUT2D eigenvalue weighted by Gasteiger charge is -2.25. The molecule has 1 saturated heterocycles. The van der Waals surface area contributed by atoms with Crippen molar-refractivity contribution >= 4 is 18.3 Å². The predicted octanol–water partition coefficient (Wildman–Crippen LogP) is 0.560. The van der Waals surface area contributed by atoms with Crippen molar-refractivity contribution in [3.63, 3.8) is 0 Å². The van der Waals surface area contributed by atoms with E-state index in [2.05, 4.69) is 17.6 Å². The number of unbranched alkanes of at least 4 members (excludes halogenated alkanes) is 1. The Morgan fingerprint density at radius 2 is 2.20 bits per heavy atom. The molecule has 0 unspecified atom stereocenters. The summed E-state index contributed by atoms with van der Waals surface area (Å²) in [5.74, 6) is 0.341. The van der Waals surface area contributed by atoms with Gasteiger partial charge in [0.2, 0.25) is 5.91 Å². The maximum Gasteiger partial charge on any atom is 0.225 e. The summed E-state index contributed by atoms with van der Waals surface area (Å²) in [6, 6.07) is 0. The molecule has 0 spiro atoms. The topological polar surface area (TPSA) is 50.4 Å². The van der Waals surface area contributed by atoms with E-state index in [4.69, 9.17) is 4.74 Å². The highest BCUT2D eigenvalue weighted by Gasteiger charge is 2.23. The number of carbonyl (C=O) groups is 1. The first-order valence-electron chi connectivity index (χ1n) is 5.40. The second-order valence-corrected chi connectivity index (χ2v) is 3.61. The van der Waals surface area contributed by atoms with E-state index in [1.807, 2.05) is 0 Å². The highest BCUT2D eigenvalue weighted by molar-refractivity contribution is 5.85. The van der Waals surface area contributed by atoms with Gasteiger partial charge in [-0.1, -0.05) is 13.3 Å². The van der Waals surface area contributed by atoms with Gasteiger partial charge in [-0.05, 0) is 6.42 Å². The van der Waals surface area contributed by atoms with E-state index in [0.29, 0.717) is 13.2 Å². The number of amides is 1. The van der Waals surface area contributed by atoms with E-state index >= 15 is 0 Å². The van der Waals surface area contributed by atoms with Crippen LogP contribution in [0.25, 0.3) is 0 Å². The van der Waals surface area contributed by atoms with E-state index in [-0.39, 0.29) is 24.2 Å². The van der Waals surface area contributed by atoms with Gasteiger partial charge >= 0.3 is 0 Å². The fourth-order valence-corrected chi connectivity index (χ4v) is 1.21. The summed E-state index contributed by atoms with van der Waals surface area (Å²) >= 11 is 0. The molecule has 5 heteroatoms. The first-order valence-corrected chi connectivity index (χ1v) is 5.40. The van der Waals surface area contributed by atoms with Crippen molar-refractivity contribution in [1.82, 2.24) is 10.6 Å². The van der Waals surface area contributed by atoms with Gasteiger partial charge in [0.15, 0.2) is 0 Å². The summed E-state index contributed by atoms with van der Waals surface area (Å²) in [5, 5.41) is 5.93. The average Bonchev–Trinajstić information content (AvgIpc) is 2.08. The van der Waals surface area contributed by atoms with Crippen LogP contribution in [0.4, 0.5) is 0 Å². The molecule has 1 amide bonds. The monoisotopic (exact) mass is 236 g/mol. The molecule has 0 atom stereocenters. The molecular weight excluding hydrogens is 216 g/mol. The molecule has 0 saturated carbocycles. The van der Waals surface area contributed by atoms with Gasteiger partial charge in [0.25, 0.3) is 0 Å². The number of nitrogens with one attached hydrogen (secondary N) is 2. The Bertz CT molecular complexity index is 175. The molecule has 0 aromatic heterocycles. The SMILES string of the molecule is CCCCOCCNC(=O)C1CNC1.Cl. The lowest BCUT2D eigenvalue weighted by atomic mass is 10.0. The molecule has 1 fully saturated rings. The Kier molecular flexibility index (Phi) is 8.76. The molecule has 0 aliphatic carbocycles. The van der Waals surface area contributed by atoms with Crippen LogP contribution in [-0.4, -0.2) is 38.8 Å². The van der Waals surface area contributed by atoms with Gasteiger partial charge < -0.3 is 15.4 Å². The fraction of sp³-hybridized carbons (Fsp3) is 0.900. The van der Waals surface area contributed by atoms with Crippen molar-refractivity contribution in [2.45, 2.75) is 19.8 Å². The largest absolute Gasteiger partial charge is 0.380 e. The Labute approximate surface area is 97.5 Å². The van der Waals surface area contributed by atoms with Crippen LogP contribution in [0.15, 0.2) is 0 Å². The highest BCUT2D eigenvalue weighted by Crippen LogP contribution is 2.01. The highest BCUT2D eigenvalue weighted by atomic mass is 35.5. The molecule has 1 aliphatic heterocycles. The first-order chi connectivity index (χ1) is 6.84. The maximum absolute atomic E-state index is 11.3. The van der Waals surface area contributed by atoms with Gasteiger partial charge in [-0.25, -0.2) is 0 Å². The zero-order chi connectivity index (χ0) is 10.2. The van der Waals surface area contributed by atoms with Gasteiger partial charge in [0.1, 0.15) is 0 Å². The van der Waals surface area contributed by atoms with Crippen LogP contribution in [0.2, 0.25) is 0 Å². The van der Waals surface area contributed by atoms with Crippen LogP contribution in [0, 0.1) is 5.92 Å². The molecule has 15 heavy (non-hydrogen) atoms. The molecule has 1 aliphatic rings. The van der Waals surface area contributed by atoms with E-state index in [1.54, 1.807) is 0 Å². The molecule has 4 nitrogen and oxygen atoms in total. The molecule has 0 aromatic rings. The van der Waals surface area contributed by atoms with E-state index in [0.717, 1.165) is 32.5 Å². The zero-order valence-electron chi connectivity index (χ0n) is 9.25. The van der Waals surface area contributed by atoms with Gasteiger partial charge in [-0.2, -0.15) is 0 Å². The number of rotatable bonds is 7. The summed E-state index contributed by atoms with van der Waals surface area (Å²) in [5.41, 5.74) is 0. The van der Waals surface area contributed by atoms with Crippen LogP contribution in [0.5, 0.6) is 0 Å². The van der Waals surface area contributed by atoms with E-state index in [9.17, 15) is 4.79 Å². The molecule has 1 rings (SSSR count). The Hall–Kier alpha value is -0.320. The summed E-state index contributed by atoms with van der Waals surface area (Å²) in [6.45, 7) is 5.85. The van der Waals surface area contributed by atoms with Crippen molar-refractivity contribution in [3.8, 4) is 0 Å². The number of ether oxygens (including phenoxy) is 1. The van der Waals surface area contributed by atoms with Crippen molar-refractivity contribution < 1.29 is 9.53 Å². The third-order valence-electron chi connectivity index (χ3n) is 2.34. The van der Waals surface area contributed by atoms with E-state index in [1.165, 1.54) is 0 Å². The van der Waals surface area contributed by atoms with Crippen LogP contribution in [0.3, 0.4) is 0 Å². The van der Waals surface area contributed by atoms with Gasteiger partial charge in [-0.3, -0.25) is 4.79 Å². The minimum atomic E-state index is 0. The Balaban J connectivity index is 0.00000196. The quantitative estimate of drug-likeness (QED) is 0.636. The maximum atomic E-state index is 11.3. The van der Waals surface area contributed by atoms with Crippen LogP contribution in [0.1, 0.15) is 19.8 Å². The number of hydrogen-bond donors (Lipinski definition) is 2.